The fraction of sp³-hybridized carbons (Fsp3) is 0.400. The Morgan fingerprint density at radius 2 is 1.73 bits per heavy atom. The van der Waals surface area contributed by atoms with E-state index in [9.17, 15) is 13.2 Å². The van der Waals surface area contributed by atoms with E-state index in [4.69, 9.17) is 9.15 Å². The third kappa shape index (κ3) is 5.82. The molecule has 0 spiro atoms. The zero-order valence-electron chi connectivity index (χ0n) is 19.1. The van der Waals surface area contributed by atoms with Crippen LogP contribution in [0.4, 0.5) is 0 Å². The Balaban J connectivity index is 1.71. The minimum atomic E-state index is -3.37. The lowest BCUT2D eigenvalue weighted by Crippen LogP contribution is -2.48. The summed E-state index contributed by atoms with van der Waals surface area (Å²) in [5.41, 5.74) is 1.94. The topological polar surface area (TPSA) is 80.1 Å². The van der Waals surface area contributed by atoms with Crippen molar-refractivity contribution in [2.75, 3.05) is 39.1 Å². The highest BCUT2D eigenvalue weighted by Gasteiger charge is 2.30. The minimum Gasteiger partial charge on any atom is -0.451 e. The van der Waals surface area contributed by atoms with E-state index in [1.807, 2.05) is 49.4 Å². The van der Waals surface area contributed by atoms with Gasteiger partial charge in [-0.25, -0.2) is 8.42 Å². The number of furan rings is 1. The monoisotopic (exact) mass is 470 g/mol. The fourth-order valence-electron chi connectivity index (χ4n) is 4.27. The Morgan fingerprint density at radius 1 is 1.06 bits per heavy atom. The number of para-hydroxylation sites is 1. The molecule has 176 valence electrons. The molecule has 0 aliphatic carbocycles. The van der Waals surface area contributed by atoms with Crippen LogP contribution < -0.4 is 0 Å². The van der Waals surface area contributed by atoms with Gasteiger partial charge in [-0.05, 0) is 18.6 Å². The molecule has 1 saturated heterocycles. The average Bonchev–Trinajstić information content (AvgIpc) is 3.15. The number of morpholine rings is 1. The van der Waals surface area contributed by atoms with E-state index in [1.54, 1.807) is 17.0 Å². The lowest BCUT2D eigenvalue weighted by atomic mass is 10.1. The Kier molecular flexibility index (Phi) is 7.17. The molecule has 8 heteroatoms. The number of fused-ring (bicyclic) bond motifs is 1. The number of ether oxygens (including phenoxy) is 1. The molecule has 1 aliphatic rings. The second-order valence-corrected chi connectivity index (χ2v) is 10.8. The second kappa shape index (κ2) is 10.1. The molecular weight excluding hydrogens is 440 g/mol. The first-order valence-electron chi connectivity index (χ1n) is 11.1. The van der Waals surface area contributed by atoms with Gasteiger partial charge in [0.15, 0.2) is 15.6 Å². The summed E-state index contributed by atoms with van der Waals surface area (Å²) in [6.07, 6.45) is 1.17. The van der Waals surface area contributed by atoms with Crippen molar-refractivity contribution in [2.45, 2.75) is 25.3 Å². The van der Waals surface area contributed by atoms with Crippen LogP contribution in [-0.2, 0) is 26.9 Å². The smallest absolute Gasteiger partial charge is 0.290 e. The van der Waals surface area contributed by atoms with E-state index in [2.05, 4.69) is 4.90 Å². The van der Waals surface area contributed by atoms with Crippen molar-refractivity contribution in [1.29, 1.82) is 0 Å². The molecule has 0 saturated carbocycles. The molecule has 1 fully saturated rings. The van der Waals surface area contributed by atoms with Gasteiger partial charge in [0.2, 0.25) is 0 Å². The Hall–Kier alpha value is -2.68. The molecular formula is C25H30N2O5S. The first-order valence-corrected chi connectivity index (χ1v) is 13.2. The number of nitrogens with zero attached hydrogens (tertiary/aromatic N) is 2. The van der Waals surface area contributed by atoms with E-state index in [1.165, 1.54) is 6.26 Å². The van der Waals surface area contributed by atoms with Crippen molar-refractivity contribution < 1.29 is 22.4 Å². The van der Waals surface area contributed by atoms with Crippen molar-refractivity contribution >= 4 is 26.7 Å². The van der Waals surface area contributed by atoms with Gasteiger partial charge in [0.1, 0.15) is 5.58 Å². The van der Waals surface area contributed by atoms with Crippen LogP contribution in [0, 0.1) is 0 Å². The molecule has 0 bridgehead atoms. The fourth-order valence-corrected chi connectivity index (χ4v) is 5.08. The van der Waals surface area contributed by atoms with Gasteiger partial charge in [-0.2, -0.15) is 0 Å². The number of carbonyl (C=O) groups is 1. The van der Waals surface area contributed by atoms with E-state index >= 15 is 0 Å². The molecule has 4 rings (SSSR count). The van der Waals surface area contributed by atoms with Gasteiger partial charge in [-0.1, -0.05) is 48.5 Å². The van der Waals surface area contributed by atoms with E-state index in [0.717, 1.165) is 18.7 Å². The van der Waals surface area contributed by atoms with Crippen LogP contribution in [-0.4, -0.2) is 69.3 Å². The normalized spacial score (nSPS) is 16.1. The molecule has 1 atom stereocenters. The van der Waals surface area contributed by atoms with Crippen LogP contribution in [0.15, 0.2) is 59.0 Å². The van der Waals surface area contributed by atoms with E-state index in [-0.39, 0.29) is 23.5 Å². The largest absolute Gasteiger partial charge is 0.451 e. The molecule has 0 N–H and O–H groups in total. The Bertz CT molecular complexity index is 1200. The van der Waals surface area contributed by atoms with E-state index < -0.39 is 9.84 Å². The highest BCUT2D eigenvalue weighted by atomic mass is 32.2. The zero-order valence-corrected chi connectivity index (χ0v) is 19.9. The number of amides is 1. The van der Waals surface area contributed by atoms with Crippen molar-refractivity contribution in [3.05, 3.63) is 71.5 Å². The van der Waals surface area contributed by atoms with E-state index in [0.29, 0.717) is 42.8 Å². The maximum atomic E-state index is 13.9. The third-order valence-corrected chi connectivity index (χ3v) is 6.73. The summed E-state index contributed by atoms with van der Waals surface area (Å²) < 4.78 is 35.8. The van der Waals surface area contributed by atoms with Crippen molar-refractivity contribution in [3.8, 4) is 0 Å². The molecule has 0 radical (unpaired) electrons. The SMILES string of the molecule is CC(CN1CCOCC1)N(Cc1ccccc1)C(=O)c1oc2ccccc2c1CS(C)(=O)=O. The number of rotatable bonds is 8. The lowest BCUT2D eigenvalue weighted by molar-refractivity contribution is 0.0222. The molecule has 7 nitrogen and oxygen atoms in total. The summed E-state index contributed by atoms with van der Waals surface area (Å²) in [5.74, 6) is -0.442. The Morgan fingerprint density at radius 3 is 2.42 bits per heavy atom. The minimum absolute atomic E-state index is 0.103. The van der Waals surface area contributed by atoms with Gasteiger partial charge in [0.05, 0.1) is 19.0 Å². The summed E-state index contributed by atoms with van der Waals surface area (Å²) in [6, 6.07) is 16.9. The van der Waals surface area contributed by atoms with Gasteiger partial charge in [0.25, 0.3) is 5.91 Å². The first kappa shape index (κ1) is 23.5. The second-order valence-electron chi connectivity index (χ2n) is 8.66. The predicted octanol–water partition coefficient (Wildman–Crippen LogP) is 3.34. The number of hydrogen-bond donors (Lipinski definition) is 0. The maximum absolute atomic E-state index is 13.9. The molecule has 1 aliphatic heterocycles. The number of carbonyl (C=O) groups excluding carboxylic acids is 1. The summed E-state index contributed by atoms with van der Waals surface area (Å²) in [4.78, 5) is 18.0. The maximum Gasteiger partial charge on any atom is 0.290 e. The van der Waals surface area contributed by atoms with Gasteiger partial charge >= 0.3 is 0 Å². The molecule has 3 aromatic rings. The predicted molar refractivity (Wildman–Crippen MR) is 128 cm³/mol. The summed E-state index contributed by atoms with van der Waals surface area (Å²) >= 11 is 0. The van der Waals surface area contributed by atoms with Crippen molar-refractivity contribution in [2.24, 2.45) is 0 Å². The molecule has 2 aromatic carbocycles. The molecule has 1 aromatic heterocycles. The molecule has 1 unspecified atom stereocenters. The first-order chi connectivity index (χ1) is 15.8. The summed E-state index contributed by atoms with van der Waals surface area (Å²) in [7, 11) is -3.37. The van der Waals surface area contributed by atoms with Gasteiger partial charge in [-0.3, -0.25) is 9.69 Å². The van der Waals surface area contributed by atoms with Gasteiger partial charge in [-0.15, -0.1) is 0 Å². The number of hydrogen-bond acceptors (Lipinski definition) is 6. The third-order valence-electron chi connectivity index (χ3n) is 5.91. The van der Waals surface area contributed by atoms with Crippen molar-refractivity contribution in [1.82, 2.24) is 9.80 Å². The highest BCUT2D eigenvalue weighted by molar-refractivity contribution is 7.89. The van der Waals surface area contributed by atoms with Crippen molar-refractivity contribution in [3.63, 3.8) is 0 Å². The average molecular weight is 471 g/mol. The highest BCUT2D eigenvalue weighted by Crippen LogP contribution is 2.29. The molecule has 1 amide bonds. The van der Waals surface area contributed by atoms with Crippen LogP contribution in [0.5, 0.6) is 0 Å². The quantitative estimate of drug-likeness (QED) is 0.502. The molecule has 2 heterocycles. The number of sulfone groups is 1. The van der Waals surface area contributed by atoms with Gasteiger partial charge in [0, 0.05) is 49.4 Å². The van der Waals surface area contributed by atoms with Crippen LogP contribution in [0.25, 0.3) is 11.0 Å². The standard InChI is InChI=1S/C25H30N2O5S/c1-19(16-26-12-14-31-15-13-26)27(17-20-8-4-3-5-9-20)25(28)24-22(18-33(2,29)30)21-10-6-7-11-23(21)32-24/h3-11,19H,12-18H2,1-2H3. The number of benzene rings is 2. The van der Waals surface area contributed by atoms with Gasteiger partial charge < -0.3 is 14.1 Å². The van der Waals surface area contributed by atoms with Crippen LogP contribution >= 0.6 is 0 Å². The van der Waals surface area contributed by atoms with Crippen LogP contribution in [0.3, 0.4) is 0 Å². The lowest BCUT2D eigenvalue weighted by Gasteiger charge is -2.35. The summed E-state index contributed by atoms with van der Waals surface area (Å²) in [6.45, 7) is 6.13. The van der Waals surface area contributed by atoms with Crippen LogP contribution in [0.2, 0.25) is 0 Å². The molecule has 33 heavy (non-hydrogen) atoms. The summed E-state index contributed by atoms with van der Waals surface area (Å²) in [5, 5.41) is 0.659. The van der Waals surface area contributed by atoms with Crippen LogP contribution in [0.1, 0.15) is 28.6 Å². The Labute approximate surface area is 194 Å². The zero-order chi connectivity index (χ0) is 23.4.